The Labute approximate surface area is 121 Å². The Morgan fingerprint density at radius 1 is 1.29 bits per heavy atom. The summed E-state index contributed by atoms with van der Waals surface area (Å²) in [6.45, 7) is 0. The van der Waals surface area contributed by atoms with Crippen LogP contribution < -0.4 is 4.74 Å². The molecule has 21 heavy (non-hydrogen) atoms. The summed E-state index contributed by atoms with van der Waals surface area (Å²) in [6.07, 6.45) is 1.61. The summed E-state index contributed by atoms with van der Waals surface area (Å²) in [5.41, 5.74) is 1.65. The van der Waals surface area contributed by atoms with Crippen molar-refractivity contribution < 1.29 is 9.66 Å². The van der Waals surface area contributed by atoms with Crippen LogP contribution in [0.15, 0.2) is 48.5 Å². The monoisotopic (exact) mass is 280 g/mol. The van der Waals surface area contributed by atoms with Gasteiger partial charge in [-0.2, -0.15) is 5.26 Å². The molecule has 104 valence electrons. The lowest BCUT2D eigenvalue weighted by Crippen LogP contribution is -1.94. The molecule has 0 unspecified atom stereocenters. The minimum atomic E-state index is -0.509. The zero-order valence-electron chi connectivity index (χ0n) is 11.3. The van der Waals surface area contributed by atoms with Crippen LogP contribution in [0.4, 0.5) is 5.69 Å². The summed E-state index contributed by atoms with van der Waals surface area (Å²) in [5.74, 6) is 0.190. The van der Waals surface area contributed by atoms with Crippen molar-refractivity contribution in [2.45, 2.75) is 0 Å². The number of nitro groups is 1. The SMILES string of the molecule is COc1ccc(/C=C(/C#N)c2ccccc2)cc1[N+](=O)[O-]. The molecule has 2 aromatic carbocycles. The molecule has 0 bridgehead atoms. The maximum Gasteiger partial charge on any atom is 0.311 e. The van der Waals surface area contributed by atoms with E-state index in [0.29, 0.717) is 11.1 Å². The third kappa shape index (κ3) is 3.25. The number of nitro benzene ring substituents is 1. The highest BCUT2D eigenvalue weighted by molar-refractivity contribution is 5.89. The molecule has 0 radical (unpaired) electrons. The summed E-state index contributed by atoms with van der Waals surface area (Å²) in [6, 6.07) is 15.8. The zero-order chi connectivity index (χ0) is 15.2. The van der Waals surface area contributed by atoms with Crippen LogP contribution in [-0.4, -0.2) is 12.0 Å². The highest BCUT2D eigenvalue weighted by Gasteiger charge is 2.14. The van der Waals surface area contributed by atoms with Gasteiger partial charge in [0.15, 0.2) is 5.75 Å². The first-order chi connectivity index (χ1) is 10.2. The van der Waals surface area contributed by atoms with Gasteiger partial charge in [-0.15, -0.1) is 0 Å². The van der Waals surface area contributed by atoms with Gasteiger partial charge in [0.25, 0.3) is 0 Å². The average molecular weight is 280 g/mol. The average Bonchev–Trinajstić information content (AvgIpc) is 2.53. The van der Waals surface area contributed by atoms with Gasteiger partial charge in [-0.3, -0.25) is 10.1 Å². The van der Waals surface area contributed by atoms with Gasteiger partial charge in [0.05, 0.1) is 23.7 Å². The van der Waals surface area contributed by atoms with Crippen LogP contribution in [-0.2, 0) is 0 Å². The smallest absolute Gasteiger partial charge is 0.311 e. The number of ether oxygens (including phenoxy) is 1. The fourth-order valence-electron chi connectivity index (χ4n) is 1.90. The second-order valence-electron chi connectivity index (χ2n) is 4.22. The van der Waals surface area contributed by atoms with Crippen LogP contribution >= 0.6 is 0 Å². The zero-order valence-corrected chi connectivity index (χ0v) is 11.3. The lowest BCUT2D eigenvalue weighted by molar-refractivity contribution is -0.385. The van der Waals surface area contributed by atoms with Gasteiger partial charge in [-0.25, -0.2) is 0 Å². The molecule has 0 spiro atoms. The molecule has 0 aliphatic rings. The normalized spacial score (nSPS) is 10.8. The Kier molecular flexibility index (Phi) is 4.32. The molecule has 5 nitrogen and oxygen atoms in total. The van der Waals surface area contributed by atoms with Gasteiger partial charge < -0.3 is 4.74 Å². The second-order valence-corrected chi connectivity index (χ2v) is 4.22. The number of nitriles is 1. The van der Waals surface area contributed by atoms with E-state index in [9.17, 15) is 15.4 Å². The first kappa shape index (κ1) is 14.3. The number of benzene rings is 2. The van der Waals surface area contributed by atoms with Crippen LogP contribution in [0.1, 0.15) is 11.1 Å². The fourth-order valence-corrected chi connectivity index (χ4v) is 1.90. The summed E-state index contributed by atoms with van der Waals surface area (Å²) in [7, 11) is 1.38. The molecule has 0 saturated heterocycles. The van der Waals surface area contributed by atoms with E-state index < -0.39 is 4.92 Å². The summed E-state index contributed by atoms with van der Waals surface area (Å²) in [5, 5.41) is 20.2. The molecule has 0 aromatic heterocycles. The quantitative estimate of drug-likeness (QED) is 0.370. The van der Waals surface area contributed by atoms with Gasteiger partial charge in [0, 0.05) is 6.07 Å². The van der Waals surface area contributed by atoms with E-state index in [0.717, 1.165) is 5.56 Å². The molecule has 5 heteroatoms. The Morgan fingerprint density at radius 3 is 2.57 bits per heavy atom. The molecule has 0 aliphatic carbocycles. The van der Waals surface area contributed by atoms with Crippen LogP contribution in [0.25, 0.3) is 11.6 Å². The summed E-state index contributed by atoms with van der Waals surface area (Å²) >= 11 is 0. The topological polar surface area (TPSA) is 76.2 Å². The molecule has 0 amide bonds. The number of methoxy groups -OCH3 is 1. The number of rotatable bonds is 4. The van der Waals surface area contributed by atoms with Crippen molar-refractivity contribution in [3.63, 3.8) is 0 Å². The van der Waals surface area contributed by atoms with Crippen molar-refractivity contribution in [2.24, 2.45) is 0 Å². The van der Waals surface area contributed by atoms with Crippen LogP contribution in [0.5, 0.6) is 5.75 Å². The third-order valence-corrected chi connectivity index (χ3v) is 2.92. The van der Waals surface area contributed by atoms with E-state index in [1.54, 1.807) is 12.1 Å². The second kappa shape index (κ2) is 6.35. The summed E-state index contributed by atoms with van der Waals surface area (Å²) < 4.78 is 4.95. The molecule has 0 N–H and O–H groups in total. The van der Waals surface area contributed by atoms with Crippen molar-refractivity contribution in [3.05, 3.63) is 69.8 Å². The number of hydrogen-bond donors (Lipinski definition) is 0. The maximum absolute atomic E-state index is 11.0. The van der Waals surface area contributed by atoms with Gasteiger partial charge in [0.2, 0.25) is 0 Å². The van der Waals surface area contributed by atoms with E-state index in [4.69, 9.17) is 4.74 Å². The minimum absolute atomic E-state index is 0.128. The molecular weight excluding hydrogens is 268 g/mol. The van der Waals surface area contributed by atoms with E-state index in [-0.39, 0.29) is 11.4 Å². The predicted molar refractivity (Wildman–Crippen MR) is 79.6 cm³/mol. The van der Waals surface area contributed by atoms with Crippen molar-refractivity contribution in [1.29, 1.82) is 5.26 Å². The first-order valence-electron chi connectivity index (χ1n) is 6.15. The van der Waals surface area contributed by atoms with Gasteiger partial charge in [0.1, 0.15) is 0 Å². The number of hydrogen-bond acceptors (Lipinski definition) is 4. The summed E-state index contributed by atoms with van der Waals surface area (Å²) in [4.78, 5) is 10.5. The fraction of sp³-hybridized carbons (Fsp3) is 0.0625. The molecule has 2 aromatic rings. The Balaban J connectivity index is 2.47. The molecule has 0 aliphatic heterocycles. The van der Waals surface area contributed by atoms with Crippen molar-refractivity contribution in [2.75, 3.05) is 7.11 Å². The van der Waals surface area contributed by atoms with Crippen molar-refractivity contribution in [3.8, 4) is 11.8 Å². The van der Waals surface area contributed by atoms with Crippen molar-refractivity contribution in [1.82, 2.24) is 0 Å². The molecular formula is C16H12N2O3. The number of allylic oxidation sites excluding steroid dienone is 1. The molecule has 0 saturated carbocycles. The van der Waals surface area contributed by atoms with E-state index in [2.05, 4.69) is 6.07 Å². The van der Waals surface area contributed by atoms with Crippen molar-refractivity contribution >= 4 is 17.3 Å². The highest BCUT2D eigenvalue weighted by atomic mass is 16.6. The Morgan fingerprint density at radius 2 is 2.00 bits per heavy atom. The van der Waals surface area contributed by atoms with E-state index in [1.165, 1.54) is 19.2 Å². The van der Waals surface area contributed by atoms with Crippen LogP contribution in [0.2, 0.25) is 0 Å². The molecule has 0 atom stereocenters. The lowest BCUT2D eigenvalue weighted by atomic mass is 10.0. The number of nitrogens with zero attached hydrogens (tertiary/aromatic N) is 2. The van der Waals surface area contributed by atoms with Gasteiger partial charge in [-0.1, -0.05) is 36.4 Å². The lowest BCUT2D eigenvalue weighted by Gasteiger charge is -2.03. The molecule has 2 rings (SSSR count). The van der Waals surface area contributed by atoms with Gasteiger partial charge in [-0.05, 0) is 23.3 Å². The maximum atomic E-state index is 11.0. The first-order valence-corrected chi connectivity index (χ1v) is 6.15. The molecule has 0 heterocycles. The predicted octanol–water partition coefficient (Wildman–Crippen LogP) is 3.67. The van der Waals surface area contributed by atoms with E-state index >= 15 is 0 Å². The van der Waals surface area contributed by atoms with E-state index in [1.807, 2.05) is 30.3 Å². The largest absolute Gasteiger partial charge is 0.490 e. The highest BCUT2D eigenvalue weighted by Crippen LogP contribution is 2.29. The van der Waals surface area contributed by atoms with Gasteiger partial charge >= 0.3 is 5.69 Å². The minimum Gasteiger partial charge on any atom is -0.490 e. The van der Waals surface area contributed by atoms with Crippen LogP contribution in [0.3, 0.4) is 0 Å². The van der Waals surface area contributed by atoms with Crippen LogP contribution in [0, 0.1) is 21.4 Å². The Hall–Kier alpha value is -3.13. The third-order valence-electron chi connectivity index (χ3n) is 2.92. The standard InChI is InChI=1S/C16H12N2O3/c1-21-16-8-7-12(10-15(16)18(19)20)9-14(11-17)13-5-3-2-4-6-13/h2-10H,1H3/b14-9-. The molecule has 0 fully saturated rings. The Bertz CT molecular complexity index is 731.